The molecule has 100 valence electrons. The van der Waals surface area contributed by atoms with E-state index in [0.29, 0.717) is 17.9 Å². The maximum absolute atomic E-state index is 11.7. The zero-order chi connectivity index (χ0) is 14.0. The molecule has 19 heavy (non-hydrogen) atoms. The second kappa shape index (κ2) is 5.27. The van der Waals surface area contributed by atoms with Crippen molar-refractivity contribution in [2.24, 2.45) is 5.92 Å². The van der Waals surface area contributed by atoms with Gasteiger partial charge in [-0.15, -0.1) is 0 Å². The van der Waals surface area contributed by atoms with Crippen LogP contribution in [0.25, 0.3) is 0 Å². The minimum Gasteiger partial charge on any atom is -0.359 e. The highest BCUT2D eigenvalue weighted by atomic mass is 16.1. The summed E-state index contributed by atoms with van der Waals surface area (Å²) < 4.78 is 0. The smallest absolute Gasteiger partial charge is 0.224 e. The maximum Gasteiger partial charge on any atom is 0.224 e. The molecular formula is C14H18N4O. The number of hydrogen-bond donors (Lipinski definition) is 1. The van der Waals surface area contributed by atoms with Crippen LogP contribution in [0.15, 0.2) is 6.07 Å². The van der Waals surface area contributed by atoms with E-state index < -0.39 is 0 Å². The first kappa shape index (κ1) is 13.3. The number of nitriles is 1. The van der Waals surface area contributed by atoms with Crippen molar-refractivity contribution in [3.63, 3.8) is 0 Å². The van der Waals surface area contributed by atoms with E-state index in [9.17, 15) is 10.1 Å². The molecule has 0 saturated carbocycles. The lowest BCUT2D eigenvalue weighted by atomic mass is 10.1. The molecule has 0 aromatic carbocycles. The van der Waals surface area contributed by atoms with Gasteiger partial charge in [-0.1, -0.05) is 0 Å². The van der Waals surface area contributed by atoms with Crippen LogP contribution in [0.5, 0.6) is 0 Å². The van der Waals surface area contributed by atoms with Crippen molar-refractivity contribution >= 4 is 11.7 Å². The van der Waals surface area contributed by atoms with E-state index in [2.05, 4.69) is 16.4 Å². The summed E-state index contributed by atoms with van der Waals surface area (Å²) in [5.74, 6) is 0.760. The van der Waals surface area contributed by atoms with Gasteiger partial charge in [-0.05, 0) is 31.9 Å². The Balaban J connectivity index is 2.29. The van der Waals surface area contributed by atoms with Crippen LogP contribution >= 0.6 is 0 Å². The van der Waals surface area contributed by atoms with E-state index in [1.807, 2.05) is 24.8 Å². The predicted molar refractivity (Wildman–Crippen MR) is 72.8 cm³/mol. The molecule has 1 unspecified atom stereocenters. The number of nitrogens with one attached hydrogen (secondary N) is 1. The Kier molecular flexibility index (Phi) is 3.70. The Bertz CT molecular complexity index is 547. The van der Waals surface area contributed by atoms with Crippen LogP contribution in [0.1, 0.15) is 23.2 Å². The van der Waals surface area contributed by atoms with Gasteiger partial charge in [0.25, 0.3) is 0 Å². The van der Waals surface area contributed by atoms with Crippen LogP contribution in [0.3, 0.4) is 0 Å². The van der Waals surface area contributed by atoms with Gasteiger partial charge in [0.2, 0.25) is 5.91 Å². The molecule has 2 heterocycles. The van der Waals surface area contributed by atoms with E-state index in [-0.39, 0.29) is 11.8 Å². The normalized spacial score (nSPS) is 18.2. The standard InChI is InChI=1S/C14H18N4O/c1-9-6-10(2)17-13(12(9)7-15)18-5-4-11(8-18)14(19)16-3/h6,11H,4-5,8H2,1-3H3,(H,16,19). The Morgan fingerprint density at radius 1 is 1.58 bits per heavy atom. The summed E-state index contributed by atoms with van der Waals surface area (Å²) in [5, 5.41) is 12.0. The first-order valence-electron chi connectivity index (χ1n) is 6.41. The highest BCUT2D eigenvalue weighted by molar-refractivity contribution is 5.79. The molecule has 1 aliphatic rings. The zero-order valence-electron chi connectivity index (χ0n) is 11.5. The van der Waals surface area contributed by atoms with Crippen LogP contribution in [-0.2, 0) is 4.79 Å². The summed E-state index contributed by atoms with van der Waals surface area (Å²) in [4.78, 5) is 18.2. The number of carbonyl (C=O) groups is 1. The van der Waals surface area contributed by atoms with Crippen LogP contribution in [0, 0.1) is 31.1 Å². The molecule has 5 nitrogen and oxygen atoms in total. The monoisotopic (exact) mass is 258 g/mol. The minimum absolute atomic E-state index is 0.0147. The average Bonchev–Trinajstić information content (AvgIpc) is 2.86. The number of aromatic nitrogens is 1. The van der Waals surface area contributed by atoms with E-state index in [1.165, 1.54) is 0 Å². The largest absolute Gasteiger partial charge is 0.359 e. The molecule has 1 aromatic rings. The molecule has 1 fully saturated rings. The SMILES string of the molecule is CNC(=O)C1CCN(c2nc(C)cc(C)c2C#N)C1. The lowest BCUT2D eigenvalue weighted by Crippen LogP contribution is -2.30. The van der Waals surface area contributed by atoms with Gasteiger partial charge < -0.3 is 10.2 Å². The number of amides is 1. The molecule has 1 N–H and O–H groups in total. The molecule has 0 spiro atoms. The number of nitrogens with zero attached hydrogens (tertiary/aromatic N) is 3. The summed E-state index contributed by atoms with van der Waals surface area (Å²) in [6, 6.07) is 4.13. The number of rotatable bonds is 2. The van der Waals surface area contributed by atoms with Crippen molar-refractivity contribution in [1.29, 1.82) is 5.26 Å². The highest BCUT2D eigenvalue weighted by Gasteiger charge is 2.30. The third-order valence-corrected chi connectivity index (χ3v) is 3.54. The molecule has 0 radical (unpaired) electrons. The number of carbonyl (C=O) groups excluding carboxylic acids is 1. The summed E-state index contributed by atoms with van der Waals surface area (Å²) in [7, 11) is 1.65. The van der Waals surface area contributed by atoms with Crippen molar-refractivity contribution in [3.05, 3.63) is 22.9 Å². The van der Waals surface area contributed by atoms with Crippen molar-refractivity contribution in [3.8, 4) is 6.07 Å². The molecule has 1 aliphatic heterocycles. The summed E-state index contributed by atoms with van der Waals surface area (Å²) in [6.07, 6.45) is 0.805. The zero-order valence-corrected chi connectivity index (χ0v) is 11.5. The van der Waals surface area contributed by atoms with E-state index >= 15 is 0 Å². The third-order valence-electron chi connectivity index (χ3n) is 3.54. The topological polar surface area (TPSA) is 69.0 Å². The first-order valence-corrected chi connectivity index (χ1v) is 6.41. The molecule has 0 bridgehead atoms. The van der Waals surface area contributed by atoms with Gasteiger partial charge in [-0.25, -0.2) is 4.98 Å². The van der Waals surface area contributed by atoms with Crippen molar-refractivity contribution in [2.45, 2.75) is 20.3 Å². The molecule has 1 amide bonds. The predicted octanol–water partition coefficient (Wildman–Crippen LogP) is 1.14. The van der Waals surface area contributed by atoms with Gasteiger partial charge in [0.1, 0.15) is 11.9 Å². The Hall–Kier alpha value is -2.09. The molecule has 1 atom stereocenters. The van der Waals surface area contributed by atoms with E-state index in [4.69, 9.17) is 0 Å². The quantitative estimate of drug-likeness (QED) is 0.863. The van der Waals surface area contributed by atoms with Gasteiger partial charge >= 0.3 is 0 Å². The fraction of sp³-hybridized carbons (Fsp3) is 0.500. The fourth-order valence-electron chi connectivity index (χ4n) is 2.55. The van der Waals surface area contributed by atoms with Crippen LogP contribution in [0.2, 0.25) is 0 Å². The van der Waals surface area contributed by atoms with Gasteiger partial charge in [0.15, 0.2) is 0 Å². The fourth-order valence-corrected chi connectivity index (χ4v) is 2.55. The molecule has 1 aromatic heterocycles. The van der Waals surface area contributed by atoms with Gasteiger partial charge in [0, 0.05) is 25.8 Å². The molecule has 0 aliphatic carbocycles. The lowest BCUT2D eigenvalue weighted by Gasteiger charge is -2.20. The Labute approximate surface area is 113 Å². The number of pyridine rings is 1. The van der Waals surface area contributed by atoms with Crippen LogP contribution in [-0.4, -0.2) is 31.0 Å². The Morgan fingerprint density at radius 3 is 2.95 bits per heavy atom. The minimum atomic E-state index is -0.0147. The van der Waals surface area contributed by atoms with Crippen molar-refractivity contribution < 1.29 is 4.79 Å². The second-order valence-electron chi connectivity index (χ2n) is 4.94. The number of anilines is 1. The molecule has 5 heteroatoms. The Morgan fingerprint density at radius 2 is 2.32 bits per heavy atom. The van der Waals surface area contributed by atoms with Crippen molar-refractivity contribution in [2.75, 3.05) is 25.0 Å². The molecule has 2 rings (SSSR count). The van der Waals surface area contributed by atoms with Gasteiger partial charge in [-0.2, -0.15) is 5.26 Å². The van der Waals surface area contributed by atoms with Crippen LogP contribution < -0.4 is 10.2 Å². The van der Waals surface area contributed by atoms with E-state index in [0.717, 1.165) is 24.2 Å². The number of aryl methyl sites for hydroxylation is 2. The maximum atomic E-state index is 11.7. The second-order valence-corrected chi connectivity index (χ2v) is 4.94. The highest BCUT2D eigenvalue weighted by Crippen LogP contribution is 2.27. The first-order chi connectivity index (χ1) is 9.06. The van der Waals surface area contributed by atoms with Gasteiger partial charge in [-0.3, -0.25) is 4.79 Å². The average molecular weight is 258 g/mol. The molecular weight excluding hydrogens is 240 g/mol. The third kappa shape index (κ3) is 2.53. The van der Waals surface area contributed by atoms with Crippen molar-refractivity contribution in [1.82, 2.24) is 10.3 Å². The van der Waals surface area contributed by atoms with E-state index in [1.54, 1.807) is 7.05 Å². The summed E-state index contributed by atoms with van der Waals surface area (Å²) in [6.45, 7) is 5.24. The summed E-state index contributed by atoms with van der Waals surface area (Å²) >= 11 is 0. The van der Waals surface area contributed by atoms with Crippen LogP contribution in [0.4, 0.5) is 5.82 Å². The molecule has 1 saturated heterocycles. The van der Waals surface area contributed by atoms with Gasteiger partial charge in [0.05, 0.1) is 11.5 Å². The number of hydrogen-bond acceptors (Lipinski definition) is 4. The lowest BCUT2D eigenvalue weighted by molar-refractivity contribution is -0.123. The summed E-state index contributed by atoms with van der Waals surface area (Å²) in [5.41, 5.74) is 2.45.